The molecule has 0 aliphatic rings. The fourth-order valence-electron chi connectivity index (χ4n) is 1.26. The predicted molar refractivity (Wildman–Crippen MR) is 70.0 cm³/mol. The molecule has 16 heavy (non-hydrogen) atoms. The van der Waals surface area contributed by atoms with E-state index in [1.165, 1.54) is 4.90 Å². The van der Waals surface area contributed by atoms with E-state index < -0.39 is 0 Å². The molecule has 1 aromatic carbocycles. The van der Waals surface area contributed by atoms with Gasteiger partial charge < -0.3 is 5.32 Å². The van der Waals surface area contributed by atoms with Crippen molar-refractivity contribution >= 4 is 29.3 Å². The highest BCUT2D eigenvalue weighted by Gasteiger charge is 2.00. The first-order valence-corrected chi connectivity index (χ1v) is 6.98. The van der Waals surface area contributed by atoms with Crippen LogP contribution in [0.15, 0.2) is 29.2 Å². The number of nitrogens with one attached hydrogen (secondary N) is 1. The Bertz CT molecular complexity index is 326. The van der Waals surface area contributed by atoms with Crippen LogP contribution in [-0.4, -0.2) is 18.0 Å². The lowest BCUT2D eigenvalue weighted by Crippen LogP contribution is -2.22. The van der Waals surface area contributed by atoms with Crippen molar-refractivity contribution in [2.45, 2.75) is 24.3 Å². The van der Waals surface area contributed by atoms with Crippen LogP contribution >= 0.6 is 23.4 Å². The van der Waals surface area contributed by atoms with Crippen LogP contribution in [0.3, 0.4) is 0 Å². The number of amides is 1. The van der Waals surface area contributed by atoms with Crippen LogP contribution in [0.5, 0.6) is 0 Å². The van der Waals surface area contributed by atoms with Crippen LogP contribution in [0, 0.1) is 0 Å². The number of carbonyl (C=O) groups excluding carboxylic acids is 1. The van der Waals surface area contributed by atoms with Gasteiger partial charge in [-0.3, -0.25) is 4.79 Å². The fourth-order valence-corrected chi connectivity index (χ4v) is 1.80. The number of hydrogen-bond donors (Lipinski definition) is 1. The van der Waals surface area contributed by atoms with Gasteiger partial charge in [0.2, 0.25) is 5.91 Å². The summed E-state index contributed by atoms with van der Waals surface area (Å²) in [6.07, 6.45) is 3.29. The Morgan fingerprint density at radius 2 is 2.06 bits per heavy atom. The molecule has 0 fully saturated rings. The number of alkyl halides is 1. The molecule has 0 atom stereocenters. The van der Waals surface area contributed by atoms with Gasteiger partial charge in [-0.25, -0.2) is 0 Å². The van der Waals surface area contributed by atoms with Crippen molar-refractivity contribution in [1.29, 1.82) is 0 Å². The minimum atomic E-state index is 0.0644. The Balaban J connectivity index is 2.33. The van der Waals surface area contributed by atoms with Crippen LogP contribution < -0.4 is 5.32 Å². The second-order valence-electron chi connectivity index (χ2n) is 3.42. The van der Waals surface area contributed by atoms with Gasteiger partial charge in [0.05, 0.1) is 0 Å². The molecule has 0 radical (unpaired) electrons. The summed E-state index contributed by atoms with van der Waals surface area (Å²) in [5.74, 6) is 0.602. The molecular formula is C12H16ClNOS. The van der Waals surface area contributed by atoms with E-state index in [-0.39, 0.29) is 5.91 Å². The highest BCUT2D eigenvalue weighted by atomic mass is 35.5. The number of benzene rings is 1. The molecule has 4 heteroatoms. The maximum atomic E-state index is 11.3. The number of thioether (sulfide) groups is 1. The predicted octanol–water partition coefficient (Wildman–Crippen LogP) is 3.04. The minimum Gasteiger partial charge on any atom is -0.352 e. The fraction of sp³-hybridized carbons (Fsp3) is 0.417. The lowest BCUT2D eigenvalue weighted by molar-refractivity contribution is -0.121. The quantitative estimate of drug-likeness (QED) is 0.627. The smallest absolute Gasteiger partial charge is 0.220 e. The summed E-state index contributed by atoms with van der Waals surface area (Å²) in [6.45, 7) is 0.593. The standard InChI is InChI=1S/C12H16ClNOS/c1-16-11-6-4-10(5-7-11)9-14-12(15)3-2-8-13/h4-7H,2-3,8-9H2,1H3,(H,14,15). The normalized spacial score (nSPS) is 10.1. The first kappa shape index (κ1) is 13.4. The molecule has 1 N–H and O–H groups in total. The van der Waals surface area contributed by atoms with Crippen molar-refractivity contribution < 1.29 is 4.79 Å². The van der Waals surface area contributed by atoms with Crippen molar-refractivity contribution in [3.05, 3.63) is 29.8 Å². The Kier molecular flexibility index (Phi) is 6.34. The van der Waals surface area contributed by atoms with Gasteiger partial charge in [0.25, 0.3) is 0 Å². The van der Waals surface area contributed by atoms with E-state index in [4.69, 9.17) is 11.6 Å². The van der Waals surface area contributed by atoms with Gasteiger partial charge in [-0.1, -0.05) is 12.1 Å². The van der Waals surface area contributed by atoms with E-state index in [2.05, 4.69) is 17.4 Å². The van der Waals surface area contributed by atoms with Gasteiger partial charge in [0.1, 0.15) is 0 Å². The topological polar surface area (TPSA) is 29.1 Å². The zero-order chi connectivity index (χ0) is 11.8. The summed E-state index contributed by atoms with van der Waals surface area (Å²) in [5, 5.41) is 2.87. The number of hydrogen-bond acceptors (Lipinski definition) is 2. The molecule has 1 rings (SSSR count). The average molecular weight is 258 g/mol. The van der Waals surface area contributed by atoms with Gasteiger partial charge in [0.15, 0.2) is 0 Å². The van der Waals surface area contributed by atoms with E-state index in [0.717, 1.165) is 12.0 Å². The van der Waals surface area contributed by atoms with Gasteiger partial charge in [-0.15, -0.1) is 23.4 Å². The third-order valence-electron chi connectivity index (χ3n) is 2.19. The highest BCUT2D eigenvalue weighted by molar-refractivity contribution is 7.98. The van der Waals surface area contributed by atoms with Gasteiger partial charge >= 0.3 is 0 Å². The van der Waals surface area contributed by atoms with E-state index in [0.29, 0.717) is 18.8 Å². The number of carbonyl (C=O) groups is 1. The molecule has 1 amide bonds. The molecule has 0 unspecified atom stereocenters. The number of halogens is 1. The first-order valence-electron chi connectivity index (χ1n) is 5.22. The molecule has 0 spiro atoms. The van der Waals surface area contributed by atoms with E-state index >= 15 is 0 Å². The lowest BCUT2D eigenvalue weighted by Gasteiger charge is -2.05. The maximum Gasteiger partial charge on any atom is 0.220 e. The van der Waals surface area contributed by atoms with Crippen molar-refractivity contribution in [2.24, 2.45) is 0 Å². The highest BCUT2D eigenvalue weighted by Crippen LogP contribution is 2.14. The third kappa shape index (κ3) is 4.90. The van der Waals surface area contributed by atoms with Crippen LogP contribution in [0.1, 0.15) is 18.4 Å². The van der Waals surface area contributed by atoms with Gasteiger partial charge in [0, 0.05) is 23.7 Å². The minimum absolute atomic E-state index is 0.0644. The van der Waals surface area contributed by atoms with Crippen LogP contribution in [-0.2, 0) is 11.3 Å². The second kappa shape index (κ2) is 7.58. The van der Waals surface area contributed by atoms with E-state index in [1.54, 1.807) is 11.8 Å². The molecule has 0 aliphatic carbocycles. The molecule has 0 heterocycles. The third-order valence-corrected chi connectivity index (χ3v) is 3.20. The zero-order valence-corrected chi connectivity index (χ0v) is 10.9. The molecule has 2 nitrogen and oxygen atoms in total. The molecular weight excluding hydrogens is 242 g/mol. The largest absolute Gasteiger partial charge is 0.352 e. The Morgan fingerprint density at radius 1 is 1.38 bits per heavy atom. The molecule has 0 aliphatic heterocycles. The SMILES string of the molecule is CSc1ccc(CNC(=O)CCCCl)cc1. The molecule has 0 saturated heterocycles. The summed E-state index contributed by atoms with van der Waals surface area (Å²) in [6, 6.07) is 8.19. The molecule has 0 aromatic heterocycles. The van der Waals surface area contributed by atoms with Gasteiger partial charge in [-0.2, -0.15) is 0 Å². The monoisotopic (exact) mass is 257 g/mol. The summed E-state index contributed by atoms with van der Waals surface area (Å²) in [7, 11) is 0. The van der Waals surface area contributed by atoms with Crippen molar-refractivity contribution in [3.63, 3.8) is 0 Å². The van der Waals surface area contributed by atoms with Crippen molar-refractivity contribution in [1.82, 2.24) is 5.32 Å². The van der Waals surface area contributed by atoms with Crippen molar-refractivity contribution in [3.8, 4) is 0 Å². The van der Waals surface area contributed by atoms with Crippen LogP contribution in [0.4, 0.5) is 0 Å². The van der Waals surface area contributed by atoms with Gasteiger partial charge in [-0.05, 0) is 30.4 Å². The summed E-state index contributed by atoms with van der Waals surface area (Å²) in [5.41, 5.74) is 1.12. The first-order chi connectivity index (χ1) is 7.76. The van der Waals surface area contributed by atoms with Crippen molar-refractivity contribution in [2.75, 3.05) is 12.1 Å². The lowest BCUT2D eigenvalue weighted by atomic mass is 10.2. The summed E-state index contributed by atoms with van der Waals surface area (Å²) in [4.78, 5) is 12.6. The average Bonchev–Trinajstić information content (AvgIpc) is 2.34. The summed E-state index contributed by atoms with van der Waals surface area (Å²) < 4.78 is 0. The Labute approximate surface area is 106 Å². The summed E-state index contributed by atoms with van der Waals surface area (Å²) >= 11 is 7.22. The maximum absolute atomic E-state index is 11.3. The van der Waals surface area contributed by atoms with Crippen LogP contribution in [0.2, 0.25) is 0 Å². The molecule has 0 bridgehead atoms. The van der Waals surface area contributed by atoms with E-state index in [9.17, 15) is 4.79 Å². The zero-order valence-electron chi connectivity index (χ0n) is 9.33. The number of rotatable bonds is 6. The Morgan fingerprint density at radius 3 is 2.62 bits per heavy atom. The molecule has 0 saturated carbocycles. The Hall–Kier alpha value is -0.670. The molecule has 88 valence electrons. The second-order valence-corrected chi connectivity index (χ2v) is 4.67. The van der Waals surface area contributed by atoms with Crippen LogP contribution in [0.25, 0.3) is 0 Å². The molecule has 1 aromatic rings. The van der Waals surface area contributed by atoms with E-state index in [1.807, 2.05) is 18.4 Å².